The molecule has 0 aromatic heterocycles. The van der Waals surface area contributed by atoms with Crippen LogP contribution >= 0.6 is 0 Å². The molecule has 0 amide bonds. The molecule has 1 heterocycles. The third-order valence-corrected chi connectivity index (χ3v) is 3.61. The molecular formula is C9H21NO8S2. The second-order valence-corrected chi connectivity index (χ2v) is 6.92. The molecule has 1 saturated heterocycles. The van der Waals surface area contributed by atoms with Crippen molar-refractivity contribution in [2.24, 2.45) is 0 Å². The molecule has 0 aliphatic carbocycles. The largest absolute Gasteiger partial charge is 0.395 e. The zero-order chi connectivity index (χ0) is 15.8. The topological polar surface area (TPSA) is 152 Å². The van der Waals surface area contributed by atoms with E-state index in [1.54, 1.807) is 0 Å². The Balaban J connectivity index is 0.000000621. The van der Waals surface area contributed by atoms with E-state index in [9.17, 15) is 8.42 Å². The molecule has 122 valence electrons. The number of hydrogen-bond donors (Lipinski definition) is 4. The quantitative estimate of drug-likeness (QED) is 0.370. The molecule has 0 spiro atoms. The van der Waals surface area contributed by atoms with Gasteiger partial charge < -0.3 is 5.11 Å². The standard InChI is InChI=1S/C9H19NO4S.H2O4S/c11-8-9-4-3-6-10(9)5-1-2-7-15(12,13)14;1-5(2,3)4/h9,11H,1-8H2,(H,12,13,14);(H2,1,2,3,4)/t9-;/m0./s1. The van der Waals surface area contributed by atoms with Gasteiger partial charge in [0.15, 0.2) is 0 Å². The highest BCUT2D eigenvalue weighted by Gasteiger charge is 2.22. The minimum absolute atomic E-state index is 0.162. The second-order valence-electron chi connectivity index (χ2n) is 4.46. The first-order valence-electron chi connectivity index (χ1n) is 6.03. The van der Waals surface area contributed by atoms with Crippen molar-refractivity contribution in [1.29, 1.82) is 0 Å². The first-order chi connectivity index (χ1) is 9.03. The lowest BCUT2D eigenvalue weighted by atomic mass is 10.2. The molecule has 20 heavy (non-hydrogen) atoms. The van der Waals surface area contributed by atoms with E-state index in [1.165, 1.54) is 0 Å². The Morgan fingerprint density at radius 2 is 1.60 bits per heavy atom. The van der Waals surface area contributed by atoms with Gasteiger partial charge in [-0.15, -0.1) is 0 Å². The Labute approximate surface area is 118 Å². The van der Waals surface area contributed by atoms with Crippen molar-refractivity contribution in [3.05, 3.63) is 0 Å². The van der Waals surface area contributed by atoms with E-state index in [0.29, 0.717) is 6.42 Å². The van der Waals surface area contributed by atoms with E-state index in [2.05, 4.69) is 4.90 Å². The minimum Gasteiger partial charge on any atom is -0.395 e. The van der Waals surface area contributed by atoms with E-state index in [1.807, 2.05) is 0 Å². The summed E-state index contributed by atoms with van der Waals surface area (Å²) in [5.74, 6) is -0.162. The summed E-state index contributed by atoms with van der Waals surface area (Å²) >= 11 is 0. The molecule has 0 radical (unpaired) electrons. The molecule has 0 unspecified atom stereocenters. The lowest BCUT2D eigenvalue weighted by Gasteiger charge is -2.22. The van der Waals surface area contributed by atoms with Crippen molar-refractivity contribution in [2.75, 3.05) is 25.4 Å². The Morgan fingerprint density at radius 1 is 1.05 bits per heavy atom. The Hall–Kier alpha value is -0.300. The summed E-state index contributed by atoms with van der Waals surface area (Å²) in [5, 5.41) is 9.04. The fourth-order valence-corrected chi connectivity index (χ4v) is 2.56. The molecule has 0 saturated carbocycles. The van der Waals surface area contributed by atoms with Crippen LogP contribution < -0.4 is 0 Å². The summed E-state index contributed by atoms with van der Waals surface area (Å²) in [6.45, 7) is 1.97. The lowest BCUT2D eigenvalue weighted by molar-refractivity contribution is 0.157. The number of likely N-dealkylation sites (tertiary alicyclic amines) is 1. The van der Waals surface area contributed by atoms with Gasteiger partial charge in [0.2, 0.25) is 0 Å². The molecular weight excluding hydrogens is 314 g/mol. The second kappa shape index (κ2) is 8.87. The zero-order valence-corrected chi connectivity index (χ0v) is 12.6. The molecule has 1 atom stereocenters. The number of rotatable bonds is 6. The van der Waals surface area contributed by atoms with Gasteiger partial charge in [-0.05, 0) is 38.8 Å². The van der Waals surface area contributed by atoms with Crippen LogP contribution in [0.2, 0.25) is 0 Å². The third-order valence-electron chi connectivity index (χ3n) is 2.81. The fourth-order valence-electron chi connectivity index (χ4n) is 2.00. The summed E-state index contributed by atoms with van der Waals surface area (Å²) in [4.78, 5) is 2.18. The van der Waals surface area contributed by atoms with Gasteiger partial charge in [0, 0.05) is 6.04 Å². The molecule has 0 aromatic rings. The summed E-state index contributed by atoms with van der Waals surface area (Å²) in [7, 11) is -8.47. The molecule has 11 heteroatoms. The van der Waals surface area contributed by atoms with E-state index in [-0.39, 0.29) is 18.4 Å². The average Bonchev–Trinajstić information content (AvgIpc) is 2.68. The predicted octanol–water partition coefficient (Wildman–Crippen LogP) is -0.542. The van der Waals surface area contributed by atoms with Crippen molar-refractivity contribution in [3.63, 3.8) is 0 Å². The van der Waals surface area contributed by atoms with Crippen LogP contribution in [0.25, 0.3) is 0 Å². The summed E-state index contributed by atoms with van der Waals surface area (Å²) in [5.41, 5.74) is 0. The highest BCUT2D eigenvalue weighted by molar-refractivity contribution is 7.85. The van der Waals surface area contributed by atoms with Gasteiger partial charge in [-0.2, -0.15) is 16.8 Å². The van der Waals surface area contributed by atoms with Crippen molar-refractivity contribution in [3.8, 4) is 0 Å². The number of aliphatic hydroxyl groups is 1. The van der Waals surface area contributed by atoms with Crippen LogP contribution in [0.15, 0.2) is 0 Å². The highest BCUT2D eigenvalue weighted by atomic mass is 32.3. The number of hydrogen-bond acceptors (Lipinski definition) is 6. The molecule has 1 rings (SSSR count). The number of aliphatic hydroxyl groups excluding tert-OH is 1. The lowest BCUT2D eigenvalue weighted by Crippen LogP contribution is -2.33. The number of nitrogens with zero attached hydrogens (tertiary/aromatic N) is 1. The summed E-state index contributed by atoms with van der Waals surface area (Å²) in [6.07, 6.45) is 3.35. The first-order valence-corrected chi connectivity index (χ1v) is 9.03. The van der Waals surface area contributed by atoms with Crippen molar-refractivity contribution in [1.82, 2.24) is 4.90 Å². The van der Waals surface area contributed by atoms with E-state index >= 15 is 0 Å². The smallest absolute Gasteiger partial charge is 0.394 e. The van der Waals surface area contributed by atoms with E-state index in [4.69, 9.17) is 27.2 Å². The third kappa shape index (κ3) is 12.7. The van der Waals surface area contributed by atoms with Crippen molar-refractivity contribution in [2.45, 2.75) is 31.7 Å². The minimum atomic E-state index is -4.67. The molecule has 1 fully saturated rings. The molecule has 4 N–H and O–H groups in total. The van der Waals surface area contributed by atoms with Gasteiger partial charge in [0.25, 0.3) is 10.1 Å². The molecule has 9 nitrogen and oxygen atoms in total. The van der Waals surface area contributed by atoms with E-state index < -0.39 is 20.5 Å². The van der Waals surface area contributed by atoms with Crippen LogP contribution in [0, 0.1) is 0 Å². The monoisotopic (exact) mass is 335 g/mol. The van der Waals surface area contributed by atoms with Gasteiger partial charge in [-0.3, -0.25) is 18.6 Å². The Kier molecular flexibility index (Phi) is 8.74. The van der Waals surface area contributed by atoms with Crippen LogP contribution in [-0.4, -0.2) is 72.0 Å². The molecule has 0 aromatic carbocycles. The van der Waals surface area contributed by atoms with Gasteiger partial charge in [0.05, 0.1) is 12.4 Å². The van der Waals surface area contributed by atoms with Gasteiger partial charge >= 0.3 is 10.4 Å². The van der Waals surface area contributed by atoms with Crippen molar-refractivity contribution >= 4 is 20.5 Å². The molecule has 1 aliphatic heterocycles. The van der Waals surface area contributed by atoms with Crippen molar-refractivity contribution < 1.29 is 35.6 Å². The van der Waals surface area contributed by atoms with Crippen LogP contribution in [0.4, 0.5) is 0 Å². The first kappa shape index (κ1) is 19.7. The van der Waals surface area contributed by atoms with Gasteiger partial charge in [-0.25, -0.2) is 0 Å². The Morgan fingerprint density at radius 3 is 2.05 bits per heavy atom. The van der Waals surface area contributed by atoms with Gasteiger partial charge in [-0.1, -0.05) is 0 Å². The van der Waals surface area contributed by atoms with Gasteiger partial charge in [0.1, 0.15) is 0 Å². The summed E-state index contributed by atoms with van der Waals surface area (Å²) in [6, 6.07) is 0.246. The Bertz CT molecular complexity index is 452. The molecule has 0 bridgehead atoms. The average molecular weight is 335 g/mol. The molecule has 1 aliphatic rings. The van der Waals surface area contributed by atoms with E-state index in [0.717, 1.165) is 32.4 Å². The SMILES string of the molecule is O=S(=O)(O)CCCCN1CCC[C@H]1CO.O=S(=O)(O)O. The summed E-state index contributed by atoms with van der Waals surface area (Å²) < 4.78 is 61.0. The van der Waals surface area contributed by atoms with Crippen LogP contribution in [0.5, 0.6) is 0 Å². The maximum Gasteiger partial charge on any atom is 0.394 e. The highest BCUT2D eigenvalue weighted by Crippen LogP contribution is 2.16. The maximum atomic E-state index is 10.4. The predicted molar refractivity (Wildman–Crippen MR) is 71.5 cm³/mol. The number of unbranched alkanes of at least 4 members (excludes halogenated alkanes) is 1. The maximum absolute atomic E-state index is 10.4. The van der Waals surface area contributed by atoms with Crippen LogP contribution in [-0.2, 0) is 20.5 Å². The zero-order valence-electron chi connectivity index (χ0n) is 10.9. The van der Waals surface area contributed by atoms with Crippen LogP contribution in [0.3, 0.4) is 0 Å². The fraction of sp³-hybridized carbons (Fsp3) is 1.00. The van der Waals surface area contributed by atoms with Crippen LogP contribution in [0.1, 0.15) is 25.7 Å². The normalized spacial score (nSPS) is 20.5.